The minimum Gasteiger partial charge on any atom is -0.340 e. The Labute approximate surface area is 149 Å². The van der Waals surface area contributed by atoms with Crippen molar-refractivity contribution >= 4 is 23.1 Å². The number of aromatic nitrogens is 1. The van der Waals surface area contributed by atoms with Crippen molar-refractivity contribution in [1.82, 2.24) is 4.98 Å². The second-order valence-electron chi connectivity index (χ2n) is 6.46. The summed E-state index contributed by atoms with van der Waals surface area (Å²) in [6.07, 6.45) is 2.40. The van der Waals surface area contributed by atoms with Crippen LogP contribution in [0.1, 0.15) is 37.7 Å². The Morgan fingerprint density at radius 1 is 0.962 bits per heavy atom. The van der Waals surface area contributed by atoms with Crippen LogP contribution in [0.15, 0.2) is 42.6 Å². The number of carbonyl (C=O) groups is 1. The van der Waals surface area contributed by atoms with Crippen LogP contribution in [0.25, 0.3) is 0 Å². The standard InChI is InChI=1S/C19H20F3N3O/c20-19(21,22)14-6-8-15(9-7-14)24-17-11-10-16(12-23-17)25-18(26)13-4-2-1-3-5-13/h6-13H,1-5H2,(H,23,24)(H,25,26). The molecule has 0 atom stereocenters. The molecule has 0 radical (unpaired) electrons. The number of nitrogens with one attached hydrogen (secondary N) is 2. The molecular formula is C19H20F3N3O. The van der Waals surface area contributed by atoms with E-state index in [4.69, 9.17) is 0 Å². The Kier molecular flexibility index (Phi) is 5.44. The minimum atomic E-state index is -4.35. The second kappa shape index (κ2) is 7.76. The normalized spacial score (nSPS) is 15.5. The first-order chi connectivity index (χ1) is 12.4. The van der Waals surface area contributed by atoms with Gasteiger partial charge in [0.05, 0.1) is 17.4 Å². The van der Waals surface area contributed by atoms with Crippen molar-refractivity contribution in [3.8, 4) is 0 Å². The molecule has 4 nitrogen and oxygen atoms in total. The van der Waals surface area contributed by atoms with Gasteiger partial charge in [-0.1, -0.05) is 19.3 Å². The number of rotatable bonds is 4. The second-order valence-corrected chi connectivity index (χ2v) is 6.46. The van der Waals surface area contributed by atoms with Crippen LogP contribution < -0.4 is 10.6 Å². The highest BCUT2D eigenvalue weighted by Gasteiger charge is 2.29. The molecule has 1 aliphatic carbocycles. The maximum atomic E-state index is 12.6. The first kappa shape index (κ1) is 18.2. The molecule has 0 spiro atoms. The highest BCUT2D eigenvalue weighted by atomic mass is 19.4. The van der Waals surface area contributed by atoms with Gasteiger partial charge in [-0.15, -0.1) is 0 Å². The van der Waals surface area contributed by atoms with Gasteiger partial charge in [-0.3, -0.25) is 4.79 Å². The van der Waals surface area contributed by atoms with Crippen molar-refractivity contribution in [3.63, 3.8) is 0 Å². The fraction of sp³-hybridized carbons (Fsp3) is 0.368. The fourth-order valence-electron chi connectivity index (χ4n) is 3.04. The third-order valence-corrected chi connectivity index (χ3v) is 4.49. The molecule has 0 bridgehead atoms. The van der Waals surface area contributed by atoms with Crippen molar-refractivity contribution < 1.29 is 18.0 Å². The lowest BCUT2D eigenvalue weighted by molar-refractivity contribution is -0.137. The first-order valence-electron chi connectivity index (χ1n) is 8.63. The maximum absolute atomic E-state index is 12.6. The number of halogens is 3. The molecule has 1 heterocycles. The lowest BCUT2D eigenvalue weighted by Gasteiger charge is -2.20. The van der Waals surface area contributed by atoms with E-state index in [1.54, 1.807) is 12.1 Å². The summed E-state index contributed by atoms with van der Waals surface area (Å²) in [5, 5.41) is 5.81. The zero-order valence-corrected chi connectivity index (χ0v) is 14.1. The molecule has 1 saturated carbocycles. The predicted octanol–water partition coefficient (Wildman–Crippen LogP) is 5.36. The summed E-state index contributed by atoms with van der Waals surface area (Å²) in [6.45, 7) is 0. The Hall–Kier alpha value is -2.57. The van der Waals surface area contributed by atoms with Crippen molar-refractivity contribution in [2.24, 2.45) is 5.92 Å². The number of benzene rings is 1. The zero-order valence-electron chi connectivity index (χ0n) is 14.1. The van der Waals surface area contributed by atoms with Crippen LogP contribution >= 0.6 is 0 Å². The molecule has 1 fully saturated rings. The molecule has 3 rings (SSSR count). The molecule has 26 heavy (non-hydrogen) atoms. The van der Waals surface area contributed by atoms with Crippen LogP contribution in [0.2, 0.25) is 0 Å². The molecule has 2 N–H and O–H groups in total. The molecule has 0 saturated heterocycles. The van der Waals surface area contributed by atoms with E-state index in [9.17, 15) is 18.0 Å². The number of anilines is 3. The molecule has 138 valence electrons. The Morgan fingerprint density at radius 3 is 2.19 bits per heavy atom. The van der Waals surface area contributed by atoms with Crippen LogP contribution in [0.3, 0.4) is 0 Å². The van der Waals surface area contributed by atoms with E-state index in [2.05, 4.69) is 15.6 Å². The SMILES string of the molecule is O=C(Nc1ccc(Nc2ccc(C(F)(F)F)cc2)nc1)C1CCCCC1. The number of hydrogen-bond acceptors (Lipinski definition) is 3. The smallest absolute Gasteiger partial charge is 0.340 e. The van der Waals surface area contributed by atoms with Gasteiger partial charge in [0.2, 0.25) is 5.91 Å². The molecule has 1 aromatic heterocycles. The van der Waals surface area contributed by atoms with Crippen LogP contribution in [0, 0.1) is 5.92 Å². The van der Waals surface area contributed by atoms with Crippen LogP contribution in [0.4, 0.5) is 30.4 Å². The van der Waals surface area contributed by atoms with E-state index in [-0.39, 0.29) is 11.8 Å². The molecule has 1 aliphatic rings. The van der Waals surface area contributed by atoms with Gasteiger partial charge < -0.3 is 10.6 Å². The number of pyridine rings is 1. The van der Waals surface area contributed by atoms with Gasteiger partial charge in [0.15, 0.2) is 0 Å². The monoisotopic (exact) mass is 363 g/mol. The third-order valence-electron chi connectivity index (χ3n) is 4.49. The summed E-state index contributed by atoms with van der Waals surface area (Å²) in [5.41, 5.74) is 0.416. The molecule has 0 aliphatic heterocycles. The van der Waals surface area contributed by atoms with Gasteiger partial charge in [0.25, 0.3) is 0 Å². The molecular weight excluding hydrogens is 343 g/mol. The largest absolute Gasteiger partial charge is 0.416 e. The van der Waals surface area contributed by atoms with E-state index in [1.807, 2.05) is 0 Å². The highest BCUT2D eigenvalue weighted by Crippen LogP contribution is 2.30. The number of nitrogens with zero attached hydrogens (tertiary/aromatic N) is 1. The van der Waals surface area contributed by atoms with Crippen LogP contribution in [-0.2, 0) is 11.0 Å². The number of carbonyl (C=O) groups excluding carboxylic acids is 1. The fourth-order valence-corrected chi connectivity index (χ4v) is 3.04. The van der Waals surface area contributed by atoms with E-state index < -0.39 is 11.7 Å². The summed E-state index contributed by atoms with van der Waals surface area (Å²) in [5.74, 6) is 0.573. The summed E-state index contributed by atoms with van der Waals surface area (Å²) in [6, 6.07) is 8.13. The highest BCUT2D eigenvalue weighted by molar-refractivity contribution is 5.92. The van der Waals surface area contributed by atoms with Crippen molar-refractivity contribution in [3.05, 3.63) is 48.2 Å². The number of alkyl halides is 3. The van der Waals surface area contributed by atoms with Crippen LogP contribution in [-0.4, -0.2) is 10.9 Å². The minimum absolute atomic E-state index is 0.0231. The van der Waals surface area contributed by atoms with E-state index in [1.165, 1.54) is 24.8 Å². The third kappa shape index (κ3) is 4.74. The van der Waals surface area contributed by atoms with Gasteiger partial charge in [0, 0.05) is 11.6 Å². The Balaban J connectivity index is 1.58. The summed E-state index contributed by atoms with van der Waals surface area (Å²) in [7, 11) is 0. The molecule has 1 amide bonds. The van der Waals surface area contributed by atoms with E-state index in [0.717, 1.165) is 37.8 Å². The molecule has 1 aromatic carbocycles. The number of hydrogen-bond donors (Lipinski definition) is 2. The Bertz CT molecular complexity index is 736. The molecule has 0 unspecified atom stereocenters. The van der Waals surface area contributed by atoms with Gasteiger partial charge in [-0.05, 0) is 49.2 Å². The summed E-state index contributed by atoms with van der Waals surface area (Å²) in [4.78, 5) is 16.4. The van der Waals surface area contributed by atoms with Crippen molar-refractivity contribution in [2.75, 3.05) is 10.6 Å². The average Bonchev–Trinajstić information content (AvgIpc) is 2.64. The molecule has 2 aromatic rings. The van der Waals surface area contributed by atoms with Gasteiger partial charge in [-0.25, -0.2) is 4.98 Å². The first-order valence-corrected chi connectivity index (χ1v) is 8.63. The number of amides is 1. The topological polar surface area (TPSA) is 54.0 Å². The zero-order chi connectivity index (χ0) is 18.6. The van der Waals surface area contributed by atoms with Crippen molar-refractivity contribution in [2.45, 2.75) is 38.3 Å². The Morgan fingerprint density at radius 2 is 1.62 bits per heavy atom. The quantitative estimate of drug-likeness (QED) is 0.769. The van der Waals surface area contributed by atoms with Gasteiger partial charge >= 0.3 is 6.18 Å². The summed E-state index contributed by atoms with van der Waals surface area (Å²) < 4.78 is 37.7. The maximum Gasteiger partial charge on any atom is 0.416 e. The van der Waals surface area contributed by atoms with Gasteiger partial charge in [-0.2, -0.15) is 13.2 Å². The predicted molar refractivity (Wildman–Crippen MR) is 94.2 cm³/mol. The van der Waals surface area contributed by atoms with E-state index >= 15 is 0 Å². The van der Waals surface area contributed by atoms with Crippen LogP contribution in [0.5, 0.6) is 0 Å². The van der Waals surface area contributed by atoms with E-state index in [0.29, 0.717) is 17.2 Å². The average molecular weight is 363 g/mol. The lowest BCUT2D eigenvalue weighted by atomic mass is 9.88. The lowest BCUT2D eigenvalue weighted by Crippen LogP contribution is -2.24. The van der Waals surface area contributed by atoms with Gasteiger partial charge in [0.1, 0.15) is 5.82 Å². The summed E-state index contributed by atoms with van der Waals surface area (Å²) >= 11 is 0. The molecule has 7 heteroatoms. The van der Waals surface area contributed by atoms with Crippen molar-refractivity contribution in [1.29, 1.82) is 0 Å².